The molecule has 25 heavy (non-hydrogen) atoms. The lowest BCUT2D eigenvalue weighted by atomic mass is 10.1. The Morgan fingerprint density at radius 3 is 2.52 bits per heavy atom. The average molecular weight is 361 g/mol. The molecule has 0 aliphatic rings. The van der Waals surface area contributed by atoms with Crippen molar-refractivity contribution < 1.29 is 32.2 Å². The van der Waals surface area contributed by atoms with E-state index in [0.29, 0.717) is 11.6 Å². The van der Waals surface area contributed by atoms with Gasteiger partial charge in [0.15, 0.2) is 5.60 Å². The van der Waals surface area contributed by atoms with E-state index in [2.05, 4.69) is 10.1 Å². The number of aliphatic hydroxyl groups is 1. The second-order valence-corrected chi connectivity index (χ2v) is 5.43. The molecule has 2 aromatic heterocycles. The van der Waals surface area contributed by atoms with Crippen molar-refractivity contribution >= 4 is 5.97 Å². The summed E-state index contributed by atoms with van der Waals surface area (Å²) in [5.74, 6) is -1.50. The van der Waals surface area contributed by atoms with Crippen LogP contribution in [0, 0.1) is 5.82 Å². The van der Waals surface area contributed by atoms with Crippen molar-refractivity contribution in [1.82, 2.24) is 14.8 Å². The lowest BCUT2D eigenvalue weighted by Gasteiger charge is -2.26. The van der Waals surface area contributed by atoms with Crippen molar-refractivity contribution in [3.63, 3.8) is 0 Å². The van der Waals surface area contributed by atoms with Gasteiger partial charge < -0.3 is 9.84 Å². The summed E-state index contributed by atoms with van der Waals surface area (Å²) >= 11 is 0. The summed E-state index contributed by atoms with van der Waals surface area (Å²) in [4.78, 5) is 15.7. The summed E-state index contributed by atoms with van der Waals surface area (Å²) in [5, 5.41) is 13.5. The number of carbonyl (C=O) groups excluding carboxylic acids is 1. The lowest BCUT2D eigenvalue weighted by Crippen LogP contribution is -2.46. The van der Waals surface area contributed by atoms with Gasteiger partial charge >= 0.3 is 12.1 Å². The largest absolute Gasteiger partial charge is 0.461 e. The number of alkyl halides is 3. The van der Waals surface area contributed by atoms with Gasteiger partial charge in [-0.25, -0.2) is 9.18 Å². The highest BCUT2D eigenvalue weighted by Crippen LogP contribution is 2.32. The minimum Gasteiger partial charge on any atom is -0.461 e. The first-order chi connectivity index (χ1) is 11.5. The quantitative estimate of drug-likeness (QED) is 0.654. The molecule has 1 unspecified atom stereocenters. The molecule has 0 bridgehead atoms. The van der Waals surface area contributed by atoms with Gasteiger partial charge in [-0.15, -0.1) is 0 Å². The molecule has 0 fully saturated rings. The summed E-state index contributed by atoms with van der Waals surface area (Å²) in [6.07, 6.45) is -4.02. The molecule has 0 radical (unpaired) electrons. The van der Waals surface area contributed by atoms with Crippen LogP contribution in [0.2, 0.25) is 0 Å². The van der Waals surface area contributed by atoms with Crippen LogP contribution in [0.25, 0.3) is 11.4 Å². The van der Waals surface area contributed by atoms with Gasteiger partial charge in [0.1, 0.15) is 17.2 Å². The van der Waals surface area contributed by atoms with Crippen molar-refractivity contribution in [2.24, 2.45) is 0 Å². The van der Waals surface area contributed by atoms with Gasteiger partial charge in [-0.05, 0) is 26.0 Å². The molecule has 1 N–H and O–H groups in total. The minimum atomic E-state index is -4.93. The van der Waals surface area contributed by atoms with Crippen LogP contribution in [0.3, 0.4) is 0 Å². The summed E-state index contributed by atoms with van der Waals surface area (Å²) in [5.41, 5.74) is -3.21. The van der Waals surface area contributed by atoms with E-state index in [1.165, 1.54) is 19.1 Å². The van der Waals surface area contributed by atoms with E-state index in [1.807, 2.05) is 0 Å². The van der Waals surface area contributed by atoms with Gasteiger partial charge in [0.25, 0.3) is 0 Å². The molecule has 2 aromatic rings. The number of rotatable bonds is 5. The third kappa shape index (κ3) is 4.13. The van der Waals surface area contributed by atoms with Crippen LogP contribution in [-0.2, 0) is 11.3 Å². The molecule has 10 heteroatoms. The van der Waals surface area contributed by atoms with E-state index in [0.717, 1.165) is 12.3 Å². The van der Waals surface area contributed by atoms with Gasteiger partial charge in [-0.1, -0.05) is 0 Å². The van der Waals surface area contributed by atoms with E-state index in [-0.39, 0.29) is 23.7 Å². The zero-order valence-electron chi connectivity index (χ0n) is 13.3. The molecule has 0 aromatic carbocycles. The number of esters is 1. The number of hydrogen-bond donors (Lipinski definition) is 1. The fraction of sp³-hybridized carbons (Fsp3) is 0.400. The SMILES string of the molecule is CCOC(=O)c1cc(-c2ccc(F)cn2)nn1CC(C)(O)C(F)(F)F. The predicted molar refractivity (Wildman–Crippen MR) is 78.1 cm³/mol. The van der Waals surface area contributed by atoms with Crippen LogP contribution < -0.4 is 0 Å². The van der Waals surface area contributed by atoms with Gasteiger partial charge in [-0.2, -0.15) is 18.3 Å². The van der Waals surface area contributed by atoms with Crippen molar-refractivity contribution in [3.05, 3.63) is 35.9 Å². The molecular weight excluding hydrogens is 346 g/mol. The fourth-order valence-electron chi connectivity index (χ4n) is 1.94. The maximum Gasteiger partial charge on any atom is 0.418 e. The summed E-state index contributed by atoms with van der Waals surface area (Å²) in [6, 6.07) is 3.53. The Labute approximate surface area is 140 Å². The molecule has 0 aliphatic heterocycles. The van der Waals surface area contributed by atoms with Gasteiger partial charge in [0.05, 0.1) is 25.0 Å². The molecule has 0 saturated carbocycles. The van der Waals surface area contributed by atoms with Gasteiger partial charge in [-0.3, -0.25) is 9.67 Å². The van der Waals surface area contributed by atoms with Crippen LogP contribution in [0.1, 0.15) is 24.3 Å². The van der Waals surface area contributed by atoms with E-state index < -0.39 is 30.1 Å². The first-order valence-electron chi connectivity index (χ1n) is 7.21. The highest BCUT2D eigenvalue weighted by Gasteiger charge is 2.50. The maximum atomic E-state index is 12.9. The number of nitrogens with zero attached hydrogens (tertiary/aromatic N) is 3. The van der Waals surface area contributed by atoms with E-state index in [9.17, 15) is 27.5 Å². The summed E-state index contributed by atoms with van der Waals surface area (Å²) < 4.78 is 57.2. The van der Waals surface area contributed by atoms with Gasteiger partial charge in [0, 0.05) is 6.07 Å². The Bertz CT molecular complexity index is 754. The first kappa shape index (κ1) is 18.8. The molecule has 6 nitrogen and oxygen atoms in total. The highest BCUT2D eigenvalue weighted by atomic mass is 19.4. The molecule has 0 saturated heterocycles. The van der Waals surface area contributed by atoms with Crippen molar-refractivity contribution in [2.75, 3.05) is 6.61 Å². The van der Waals surface area contributed by atoms with Crippen LogP contribution >= 0.6 is 0 Å². The second-order valence-electron chi connectivity index (χ2n) is 5.43. The van der Waals surface area contributed by atoms with Gasteiger partial charge in [0.2, 0.25) is 0 Å². The van der Waals surface area contributed by atoms with E-state index >= 15 is 0 Å². The third-order valence-corrected chi connectivity index (χ3v) is 3.32. The maximum absolute atomic E-state index is 12.9. The summed E-state index contributed by atoms with van der Waals surface area (Å²) in [6.45, 7) is 1.09. The predicted octanol–water partition coefficient (Wildman–Crippen LogP) is 2.57. The second kappa shape index (κ2) is 6.79. The smallest absolute Gasteiger partial charge is 0.418 e. The summed E-state index contributed by atoms with van der Waals surface area (Å²) in [7, 11) is 0. The first-order valence-corrected chi connectivity index (χ1v) is 7.21. The third-order valence-electron chi connectivity index (χ3n) is 3.32. The average Bonchev–Trinajstić information content (AvgIpc) is 2.90. The molecule has 2 heterocycles. The number of hydrogen-bond acceptors (Lipinski definition) is 5. The zero-order chi connectivity index (χ0) is 18.8. The topological polar surface area (TPSA) is 77.2 Å². The van der Waals surface area contributed by atoms with Crippen LogP contribution in [0.5, 0.6) is 0 Å². The number of ether oxygens (including phenoxy) is 1. The van der Waals surface area contributed by atoms with Crippen LogP contribution in [0.15, 0.2) is 24.4 Å². The minimum absolute atomic E-state index is 0.00378. The Hall–Kier alpha value is -2.49. The van der Waals surface area contributed by atoms with Crippen molar-refractivity contribution in [1.29, 1.82) is 0 Å². The number of pyridine rings is 1. The standard InChI is InChI=1S/C15H15F4N3O3/c1-3-25-13(23)12-6-11(10-5-4-9(16)7-20-10)21-22(12)8-14(2,24)15(17,18)19/h4-7,24H,3,8H2,1-2H3. The molecule has 0 spiro atoms. The van der Waals surface area contributed by atoms with Crippen molar-refractivity contribution in [3.8, 4) is 11.4 Å². The molecule has 1 atom stereocenters. The Morgan fingerprint density at radius 2 is 2.00 bits per heavy atom. The number of carbonyl (C=O) groups is 1. The molecular formula is C15H15F4N3O3. The Morgan fingerprint density at radius 1 is 1.32 bits per heavy atom. The molecule has 2 rings (SSSR count). The van der Waals surface area contributed by atoms with E-state index in [1.54, 1.807) is 0 Å². The van der Waals surface area contributed by atoms with Crippen molar-refractivity contribution in [2.45, 2.75) is 32.2 Å². The van der Waals surface area contributed by atoms with E-state index in [4.69, 9.17) is 4.74 Å². The Balaban J connectivity index is 2.46. The van der Waals surface area contributed by atoms with Crippen LogP contribution in [0.4, 0.5) is 17.6 Å². The molecule has 136 valence electrons. The fourth-order valence-corrected chi connectivity index (χ4v) is 1.94. The highest BCUT2D eigenvalue weighted by molar-refractivity contribution is 5.88. The molecule has 0 amide bonds. The number of aromatic nitrogens is 3. The normalized spacial score (nSPS) is 14.2. The zero-order valence-corrected chi connectivity index (χ0v) is 13.3. The monoisotopic (exact) mass is 361 g/mol. The molecule has 0 aliphatic carbocycles. The number of halogens is 4. The van der Waals surface area contributed by atoms with Crippen LogP contribution in [-0.4, -0.2) is 44.2 Å². The Kier molecular flexibility index (Phi) is 5.12. The lowest BCUT2D eigenvalue weighted by molar-refractivity contribution is -0.258.